The van der Waals surface area contributed by atoms with Crippen LogP contribution >= 0.6 is 0 Å². The topological polar surface area (TPSA) is 29.5 Å². The molecule has 0 spiro atoms. The van der Waals surface area contributed by atoms with Crippen LogP contribution in [0.1, 0.15) is 37.7 Å². The van der Waals surface area contributed by atoms with Crippen LogP contribution in [0.25, 0.3) is 0 Å². The smallest absolute Gasteiger partial charge is 0.230 e. The van der Waals surface area contributed by atoms with Gasteiger partial charge in [0.1, 0.15) is 5.75 Å². The Morgan fingerprint density at radius 1 is 1.26 bits per heavy atom. The highest BCUT2D eigenvalue weighted by Gasteiger charge is 2.30. The molecule has 102 valence electrons. The van der Waals surface area contributed by atoms with E-state index in [1.165, 1.54) is 24.8 Å². The lowest BCUT2D eigenvalue weighted by atomic mass is 9.88. The predicted molar refractivity (Wildman–Crippen MR) is 75.6 cm³/mol. The van der Waals surface area contributed by atoms with Crippen molar-refractivity contribution in [2.45, 2.75) is 38.5 Å². The summed E-state index contributed by atoms with van der Waals surface area (Å²) in [6.45, 7) is 0.831. The summed E-state index contributed by atoms with van der Waals surface area (Å²) in [5, 5.41) is 0. The molecule has 1 fully saturated rings. The van der Waals surface area contributed by atoms with Gasteiger partial charge in [0.25, 0.3) is 0 Å². The van der Waals surface area contributed by atoms with E-state index in [2.05, 4.69) is 6.07 Å². The predicted octanol–water partition coefficient (Wildman–Crippen LogP) is 3.16. The van der Waals surface area contributed by atoms with Gasteiger partial charge in [-0.05, 0) is 43.0 Å². The molecule has 3 rings (SSSR count). The SMILES string of the molecule is COc1ccc2c(c1)CCN2C(=O)C1CCCCC1. The monoisotopic (exact) mass is 259 g/mol. The van der Waals surface area contributed by atoms with Gasteiger partial charge < -0.3 is 9.64 Å². The second-order valence-electron chi connectivity index (χ2n) is 5.57. The molecule has 19 heavy (non-hydrogen) atoms. The summed E-state index contributed by atoms with van der Waals surface area (Å²) in [5.41, 5.74) is 2.33. The van der Waals surface area contributed by atoms with E-state index in [1.807, 2.05) is 17.0 Å². The van der Waals surface area contributed by atoms with Crippen molar-refractivity contribution in [2.24, 2.45) is 5.92 Å². The number of nitrogens with zero attached hydrogens (tertiary/aromatic N) is 1. The number of anilines is 1. The summed E-state index contributed by atoms with van der Waals surface area (Å²) in [5.74, 6) is 1.47. The number of carbonyl (C=O) groups is 1. The highest BCUT2D eigenvalue weighted by atomic mass is 16.5. The van der Waals surface area contributed by atoms with Crippen LogP contribution in [-0.2, 0) is 11.2 Å². The van der Waals surface area contributed by atoms with Crippen LogP contribution in [0.2, 0.25) is 0 Å². The van der Waals surface area contributed by atoms with Crippen LogP contribution in [0.4, 0.5) is 5.69 Å². The van der Waals surface area contributed by atoms with Crippen molar-refractivity contribution >= 4 is 11.6 Å². The molecule has 1 aromatic rings. The van der Waals surface area contributed by atoms with Gasteiger partial charge in [-0.2, -0.15) is 0 Å². The number of methoxy groups -OCH3 is 1. The molecule has 1 amide bonds. The fraction of sp³-hybridized carbons (Fsp3) is 0.562. The van der Waals surface area contributed by atoms with E-state index < -0.39 is 0 Å². The zero-order valence-electron chi connectivity index (χ0n) is 11.5. The van der Waals surface area contributed by atoms with Crippen LogP contribution in [0.3, 0.4) is 0 Å². The van der Waals surface area contributed by atoms with Gasteiger partial charge in [0.05, 0.1) is 7.11 Å². The Balaban J connectivity index is 1.79. The Labute approximate surface area is 114 Å². The number of ether oxygens (including phenoxy) is 1. The summed E-state index contributed by atoms with van der Waals surface area (Å²) in [4.78, 5) is 14.6. The summed E-state index contributed by atoms with van der Waals surface area (Å²) in [7, 11) is 1.68. The third kappa shape index (κ3) is 2.34. The molecule has 3 nitrogen and oxygen atoms in total. The summed E-state index contributed by atoms with van der Waals surface area (Å²) >= 11 is 0. The van der Waals surface area contributed by atoms with Crippen molar-refractivity contribution in [1.29, 1.82) is 0 Å². The highest BCUT2D eigenvalue weighted by molar-refractivity contribution is 5.97. The van der Waals surface area contributed by atoms with E-state index in [-0.39, 0.29) is 5.92 Å². The fourth-order valence-electron chi connectivity index (χ4n) is 3.30. The third-order valence-electron chi connectivity index (χ3n) is 4.40. The van der Waals surface area contributed by atoms with Crippen molar-refractivity contribution in [1.82, 2.24) is 0 Å². The van der Waals surface area contributed by atoms with Crippen molar-refractivity contribution in [3.63, 3.8) is 0 Å². The van der Waals surface area contributed by atoms with Gasteiger partial charge in [0.15, 0.2) is 0 Å². The van der Waals surface area contributed by atoms with Crippen LogP contribution in [0, 0.1) is 5.92 Å². The normalized spacial score (nSPS) is 19.3. The minimum atomic E-state index is 0.252. The maximum absolute atomic E-state index is 12.6. The van der Waals surface area contributed by atoms with Gasteiger partial charge in [-0.25, -0.2) is 0 Å². The lowest BCUT2D eigenvalue weighted by Gasteiger charge is -2.26. The molecular weight excluding hydrogens is 238 g/mol. The lowest BCUT2D eigenvalue weighted by Crippen LogP contribution is -2.35. The van der Waals surface area contributed by atoms with Gasteiger partial charge >= 0.3 is 0 Å². The Morgan fingerprint density at radius 3 is 2.79 bits per heavy atom. The lowest BCUT2D eigenvalue weighted by molar-refractivity contribution is -0.123. The minimum Gasteiger partial charge on any atom is -0.497 e. The molecule has 1 aliphatic carbocycles. The molecule has 0 atom stereocenters. The third-order valence-corrected chi connectivity index (χ3v) is 4.40. The van der Waals surface area contributed by atoms with E-state index >= 15 is 0 Å². The molecule has 2 aliphatic rings. The molecule has 1 aliphatic heterocycles. The summed E-state index contributed by atoms with van der Waals surface area (Å²) in [6, 6.07) is 6.04. The first-order valence-electron chi connectivity index (χ1n) is 7.28. The quantitative estimate of drug-likeness (QED) is 0.816. The van der Waals surface area contributed by atoms with Crippen LogP contribution in [-0.4, -0.2) is 19.6 Å². The van der Waals surface area contributed by atoms with Crippen molar-refractivity contribution in [2.75, 3.05) is 18.6 Å². The average Bonchev–Trinajstić information content (AvgIpc) is 2.90. The Morgan fingerprint density at radius 2 is 2.05 bits per heavy atom. The largest absolute Gasteiger partial charge is 0.497 e. The first-order chi connectivity index (χ1) is 9.29. The molecule has 1 heterocycles. The van der Waals surface area contributed by atoms with E-state index in [0.29, 0.717) is 5.91 Å². The Hall–Kier alpha value is -1.51. The number of rotatable bonds is 2. The highest BCUT2D eigenvalue weighted by Crippen LogP contribution is 2.34. The molecule has 0 aromatic heterocycles. The van der Waals surface area contributed by atoms with Gasteiger partial charge in [-0.1, -0.05) is 19.3 Å². The van der Waals surface area contributed by atoms with E-state index in [9.17, 15) is 4.79 Å². The maximum Gasteiger partial charge on any atom is 0.230 e. The molecule has 3 heteroatoms. The van der Waals surface area contributed by atoms with Gasteiger partial charge in [-0.15, -0.1) is 0 Å². The van der Waals surface area contributed by atoms with Gasteiger partial charge in [0.2, 0.25) is 5.91 Å². The molecule has 1 saturated carbocycles. The molecule has 0 radical (unpaired) electrons. The van der Waals surface area contributed by atoms with Crippen molar-refractivity contribution in [3.8, 4) is 5.75 Å². The van der Waals surface area contributed by atoms with Crippen molar-refractivity contribution in [3.05, 3.63) is 23.8 Å². The molecule has 0 saturated heterocycles. The second kappa shape index (κ2) is 5.24. The zero-order chi connectivity index (χ0) is 13.2. The van der Waals surface area contributed by atoms with E-state index in [0.717, 1.165) is 37.2 Å². The molecule has 0 unspecified atom stereocenters. The number of fused-ring (bicyclic) bond motifs is 1. The molecular formula is C16H21NO2. The minimum absolute atomic E-state index is 0.252. The van der Waals surface area contributed by atoms with Gasteiger partial charge in [-0.3, -0.25) is 4.79 Å². The number of carbonyl (C=O) groups excluding carboxylic acids is 1. The molecule has 1 aromatic carbocycles. The zero-order valence-corrected chi connectivity index (χ0v) is 11.5. The fourth-order valence-corrected chi connectivity index (χ4v) is 3.30. The number of hydrogen-bond donors (Lipinski definition) is 0. The number of hydrogen-bond acceptors (Lipinski definition) is 2. The first kappa shape index (κ1) is 12.5. The average molecular weight is 259 g/mol. The first-order valence-corrected chi connectivity index (χ1v) is 7.28. The number of amides is 1. The summed E-state index contributed by atoms with van der Waals surface area (Å²) in [6.07, 6.45) is 6.80. The maximum atomic E-state index is 12.6. The van der Waals surface area contributed by atoms with Crippen LogP contribution in [0.5, 0.6) is 5.75 Å². The Kier molecular flexibility index (Phi) is 3.45. The molecule has 0 N–H and O–H groups in total. The van der Waals surface area contributed by atoms with Crippen LogP contribution in [0.15, 0.2) is 18.2 Å². The van der Waals surface area contributed by atoms with E-state index in [4.69, 9.17) is 4.74 Å². The van der Waals surface area contributed by atoms with E-state index in [1.54, 1.807) is 7.11 Å². The Bertz CT molecular complexity index is 478. The second-order valence-corrected chi connectivity index (χ2v) is 5.57. The van der Waals surface area contributed by atoms with Gasteiger partial charge in [0, 0.05) is 18.2 Å². The molecule has 0 bridgehead atoms. The summed E-state index contributed by atoms with van der Waals surface area (Å²) < 4.78 is 5.25. The van der Waals surface area contributed by atoms with Crippen molar-refractivity contribution < 1.29 is 9.53 Å². The number of benzene rings is 1. The van der Waals surface area contributed by atoms with Crippen LogP contribution < -0.4 is 9.64 Å². The standard InChI is InChI=1S/C16H21NO2/c1-19-14-7-8-15-13(11-14)9-10-17(15)16(18)12-5-3-2-4-6-12/h7-8,11-12H,2-6,9-10H2,1H3.